The van der Waals surface area contributed by atoms with Gasteiger partial charge in [-0.2, -0.15) is 0 Å². The molecule has 0 unspecified atom stereocenters. The van der Waals surface area contributed by atoms with Crippen LogP contribution in [0.15, 0.2) is 0 Å². The predicted octanol–water partition coefficient (Wildman–Crippen LogP) is 0.848. The van der Waals surface area contributed by atoms with E-state index in [2.05, 4.69) is 24.1 Å². The molecule has 0 saturated carbocycles. The Morgan fingerprint density at radius 3 is 2.71 bits per heavy atom. The molecule has 2 saturated heterocycles. The van der Waals surface area contributed by atoms with E-state index >= 15 is 0 Å². The molecule has 2 rings (SSSR count). The number of nitrogens with one attached hydrogen (secondary N) is 1. The van der Waals surface area contributed by atoms with Gasteiger partial charge in [0, 0.05) is 18.6 Å². The molecule has 0 radical (unpaired) electrons. The molecular weight excluding hydrogens is 176 g/mol. The van der Waals surface area contributed by atoms with Crippen LogP contribution < -0.4 is 5.32 Å². The maximum absolute atomic E-state index is 5.24. The summed E-state index contributed by atoms with van der Waals surface area (Å²) in [6.07, 6.45) is 2.67. The van der Waals surface area contributed by atoms with Gasteiger partial charge in [-0.1, -0.05) is 13.8 Å². The van der Waals surface area contributed by atoms with Gasteiger partial charge in [0.25, 0.3) is 0 Å². The van der Waals surface area contributed by atoms with Gasteiger partial charge < -0.3 is 10.1 Å². The molecule has 0 amide bonds. The van der Waals surface area contributed by atoms with Crippen LogP contribution in [0.2, 0.25) is 0 Å². The summed E-state index contributed by atoms with van der Waals surface area (Å²) >= 11 is 0. The van der Waals surface area contributed by atoms with E-state index in [1.165, 1.54) is 25.9 Å². The van der Waals surface area contributed by atoms with Gasteiger partial charge in [-0.15, -0.1) is 0 Å². The van der Waals surface area contributed by atoms with Gasteiger partial charge in [0.15, 0.2) is 0 Å². The van der Waals surface area contributed by atoms with Gasteiger partial charge >= 0.3 is 0 Å². The van der Waals surface area contributed by atoms with Gasteiger partial charge in [-0.05, 0) is 19.4 Å². The fraction of sp³-hybridized carbons (Fsp3) is 1.00. The van der Waals surface area contributed by atoms with E-state index in [9.17, 15) is 0 Å². The zero-order valence-corrected chi connectivity index (χ0v) is 9.33. The summed E-state index contributed by atoms with van der Waals surface area (Å²) in [6, 6.07) is 2.02. The number of nitrogens with zero attached hydrogens (tertiary/aromatic N) is 1. The van der Waals surface area contributed by atoms with Crippen LogP contribution in [0.3, 0.4) is 0 Å². The maximum Gasteiger partial charge on any atom is 0.0645 e. The van der Waals surface area contributed by atoms with Crippen LogP contribution in [0.1, 0.15) is 26.7 Å². The minimum atomic E-state index is 0.609. The lowest BCUT2D eigenvalue weighted by Gasteiger charge is -2.42. The van der Waals surface area contributed by atoms with Gasteiger partial charge in [0.05, 0.1) is 19.3 Å². The highest BCUT2D eigenvalue weighted by atomic mass is 16.5. The highest BCUT2D eigenvalue weighted by Gasteiger charge is 2.30. The van der Waals surface area contributed by atoms with Crippen LogP contribution >= 0.6 is 0 Å². The van der Waals surface area contributed by atoms with Crippen molar-refractivity contribution in [2.45, 2.75) is 44.8 Å². The Morgan fingerprint density at radius 2 is 2.14 bits per heavy atom. The third-order valence-electron chi connectivity index (χ3n) is 3.16. The number of ether oxygens (including phenoxy) is 1. The molecule has 0 aromatic rings. The quantitative estimate of drug-likeness (QED) is 0.727. The first-order valence-corrected chi connectivity index (χ1v) is 5.83. The predicted molar refractivity (Wildman–Crippen MR) is 57.5 cm³/mol. The topological polar surface area (TPSA) is 24.5 Å². The van der Waals surface area contributed by atoms with Crippen LogP contribution in [-0.2, 0) is 4.74 Å². The zero-order chi connectivity index (χ0) is 9.97. The van der Waals surface area contributed by atoms with E-state index in [0.29, 0.717) is 18.1 Å². The van der Waals surface area contributed by atoms with Crippen molar-refractivity contribution in [1.82, 2.24) is 10.2 Å². The molecular formula is C11H22N2O. The van der Waals surface area contributed by atoms with Crippen molar-refractivity contribution in [3.63, 3.8) is 0 Å². The summed E-state index contributed by atoms with van der Waals surface area (Å²) in [5.74, 6) is 0. The Kier molecular flexibility index (Phi) is 3.42. The smallest absolute Gasteiger partial charge is 0.0645 e. The zero-order valence-electron chi connectivity index (χ0n) is 9.33. The van der Waals surface area contributed by atoms with Crippen molar-refractivity contribution < 1.29 is 4.74 Å². The summed E-state index contributed by atoms with van der Waals surface area (Å²) in [4.78, 5) is 2.59. The summed E-state index contributed by atoms with van der Waals surface area (Å²) in [7, 11) is 0. The number of hydrogen-bond acceptors (Lipinski definition) is 3. The molecule has 3 heteroatoms. The molecule has 2 aliphatic heterocycles. The lowest BCUT2D eigenvalue weighted by atomic mass is 10.0. The third-order valence-corrected chi connectivity index (χ3v) is 3.16. The van der Waals surface area contributed by atoms with E-state index in [-0.39, 0.29) is 0 Å². The number of hydrogen-bond donors (Lipinski definition) is 1. The Labute approximate surface area is 86.8 Å². The summed E-state index contributed by atoms with van der Waals surface area (Å²) < 4.78 is 5.24. The van der Waals surface area contributed by atoms with E-state index in [0.717, 1.165) is 13.2 Å². The second kappa shape index (κ2) is 4.60. The molecule has 14 heavy (non-hydrogen) atoms. The average Bonchev–Trinajstić information content (AvgIpc) is 1.99. The van der Waals surface area contributed by atoms with Crippen molar-refractivity contribution in [3.8, 4) is 0 Å². The molecule has 2 fully saturated rings. The van der Waals surface area contributed by atoms with Crippen molar-refractivity contribution in [2.75, 3.05) is 26.3 Å². The van der Waals surface area contributed by atoms with Crippen molar-refractivity contribution in [3.05, 3.63) is 0 Å². The molecule has 0 aromatic carbocycles. The van der Waals surface area contributed by atoms with Crippen molar-refractivity contribution >= 4 is 0 Å². The van der Waals surface area contributed by atoms with Crippen molar-refractivity contribution in [2.24, 2.45) is 0 Å². The Hall–Kier alpha value is -0.120. The normalized spacial score (nSPS) is 30.6. The van der Waals surface area contributed by atoms with Crippen LogP contribution in [-0.4, -0.2) is 49.3 Å². The largest absolute Gasteiger partial charge is 0.378 e. The molecule has 0 spiro atoms. The average molecular weight is 198 g/mol. The Balaban J connectivity index is 1.77. The van der Waals surface area contributed by atoms with Gasteiger partial charge in [-0.3, -0.25) is 4.90 Å². The van der Waals surface area contributed by atoms with Gasteiger partial charge in [0.1, 0.15) is 0 Å². The van der Waals surface area contributed by atoms with Crippen molar-refractivity contribution in [1.29, 1.82) is 0 Å². The monoisotopic (exact) mass is 198 g/mol. The summed E-state index contributed by atoms with van der Waals surface area (Å²) in [5.41, 5.74) is 0. The highest BCUT2D eigenvalue weighted by molar-refractivity contribution is 4.85. The molecule has 0 bridgehead atoms. The molecule has 1 atom stereocenters. The lowest BCUT2D eigenvalue weighted by Crippen LogP contribution is -2.56. The number of rotatable bonds is 3. The van der Waals surface area contributed by atoms with Crippen LogP contribution in [0.25, 0.3) is 0 Å². The number of piperidine rings is 1. The van der Waals surface area contributed by atoms with E-state index in [1.807, 2.05) is 0 Å². The van der Waals surface area contributed by atoms with E-state index in [1.54, 1.807) is 0 Å². The standard InChI is InChI=1S/C11H22N2O/c1-9(2)12-10-4-3-5-13(6-10)11-7-14-8-11/h9-12H,3-8H2,1-2H3/t10-/m0/s1. The fourth-order valence-electron chi connectivity index (χ4n) is 2.38. The van der Waals surface area contributed by atoms with Crippen LogP contribution in [0.5, 0.6) is 0 Å². The fourth-order valence-corrected chi connectivity index (χ4v) is 2.38. The Morgan fingerprint density at radius 1 is 1.36 bits per heavy atom. The second-order valence-electron chi connectivity index (χ2n) is 4.85. The lowest BCUT2D eigenvalue weighted by molar-refractivity contribution is -0.0734. The molecule has 1 N–H and O–H groups in total. The summed E-state index contributed by atoms with van der Waals surface area (Å²) in [6.45, 7) is 8.84. The third kappa shape index (κ3) is 2.47. The second-order valence-corrected chi connectivity index (χ2v) is 4.85. The van der Waals surface area contributed by atoms with Gasteiger partial charge in [0.2, 0.25) is 0 Å². The first-order chi connectivity index (χ1) is 6.75. The minimum absolute atomic E-state index is 0.609. The molecule has 3 nitrogen and oxygen atoms in total. The molecule has 82 valence electrons. The molecule has 2 aliphatic rings. The molecule has 0 aromatic heterocycles. The SMILES string of the molecule is CC(C)N[C@H]1CCCN(C2COC2)C1. The van der Waals surface area contributed by atoms with Gasteiger partial charge in [-0.25, -0.2) is 0 Å². The maximum atomic E-state index is 5.24. The molecule has 0 aliphatic carbocycles. The highest BCUT2D eigenvalue weighted by Crippen LogP contribution is 2.17. The number of likely N-dealkylation sites (tertiary alicyclic amines) is 1. The van der Waals surface area contributed by atoms with E-state index < -0.39 is 0 Å². The molecule has 2 heterocycles. The van der Waals surface area contributed by atoms with Crippen LogP contribution in [0, 0.1) is 0 Å². The first-order valence-electron chi connectivity index (χ1n) is 5.83. The first kappa shape index (κ1) is 10.4. The van der Waals surface area contributed by atoms with Crippen LogP contribution in [0.4, 0.5) is 0 Å². The minimum Gasteiger partial charge on any atom is -0.378 e. The van der Waals surface area contributed by atoms with E-state index in [4.69, 9.17) is 4.74 Å². The summed E-state index contributed by atoms with van der Waals surface area (Å²) in [5, 5.41) is 3.63. The Bertz CT molecular complexity index is 180.